The van der Waals surface area contributed by atoms with Gasteiger partial charge in [0.1, 0.15) is 0 Å². The van der Waals surface area contributed by atoms with Crippen LogP contribution in [0.25, 0.3) is 0 Å². The minimum absolute atomic E-state index is 0.326. The number of rotatable bonds is 0. The summed E-state index contributed by atoms with van der Waals surface area (Å²) in [6.07, 6.45) is 1.48. The molecule has 1 fully saturated rings. The summed E-state index contributed by atoms with van der Waals surface area (Å²) < 4.78 is 12.4. The first-order valence-electron chi connectivity index (χ1n) is 3.01. The molecule has 0 heterocycles. The molecule has 8 heavy (non-hydrogen) atoms. The van der Waals surface area contributed by atoms with Gasteiger partial charge in [0.2, 0.25) is 5.85 Å². The minimum Gasteiger partial charge on any atom is -0.362 e. The van der Waals surface area contributed by atoms with Gasteiger partial charge in [-0.1, -0.05) is 6.92 Å². The number of hydrogen-bond acceptors (Lipinski definition) is 1. The lowest BCUT2D eigenvalue weighted by molar-refractivity contribution is -0.0828. The lowest BCUT2D eigenvalue weighted by Crippen LogP contribution is -2.15. The first kappa shape index (κ1) is 6.02. The summed E-state index contributed by atoms with van der Waals surface area (Å²) in [5.74, 6) is -1.47. The molecule has 0 bridgehead atoms. The van der Waals surface area contributed by atoms with Gasteiger partial charge in [0, 0.05) is 12.8 Å². The zero-order valence-corrected chi connectivity index (χ0v) is 5.02. The van der Waals surface area contributed by atoms with Gasteiger partial charge in [-0.25, -0.2) is 4.39 Å². The van der Waals surface area contributed by atoms with Gasteiger partial charge in [0.15, 0.2) is 0 Å². The van der Waals surface area contributed by atoms with Crippen LogP contribution in [0.4, 0.5) is 4.39 Å². The molecule has 0 spiro atoms. The minimum atomic E-state index is -1.83. The maximum Gasteiger partial charge on any atom is 0.207 e. The molecule has 2 heteroatoms. The highest BCUT2D eigenvalue weighted by Crippen LogP contribution is 2.34. The third-order valence-corrected chi connectivity index (χ3v) is 1.68. The van der Waals surface area contributed by atoms with Crippen molar-refractivity contribution in [1.29, 1.82) is 0 Å². The smallest absolute Gasteiger partial charge is 0.207 e. The van der Waals surface area contributed by atoms with E-state index in [1.54, 1.807) is 0 Å². The normalized spacial score (nSPS) is 47.6. The number of halogens is 1. The van der Waals surface area contributed by atoms with E-state index in [0.717, 1.165) is 6.42 Å². The molecular weight excluding hydrogens is 107 g/mol. The molecule has 0 aliphatic heterocycles. The molecule has 0 radical (unpaired) electrons. The Morgan fingerprint density at radius 2 is 2.38 bits per heavy atom. The molecule has 0 amide bonds. The molecule has 0 saturated heterocycles. The van der Waals surface area contributed by atoms with Crippen molar-refractivity contribution >= 4 is 0 Å². The molecule has 1 saturated carbocycles. The van der Waals surface area contributed by atoms with Gasteiger partial charge in [0.05, 0.1) is 0 Å². The highest BCUT2D eigenvalue weighted by atomic mass is 19.2. The van der Waals surface area contributed by atoms with Crippen molar-refractivity contribution in [3.05, 3.63) is 0 Å². The van der Waals surface area contributed by atoms with E-state index >= 15 is 0 Å². The van der Waals surface area contributed by atoms with Crippen LogP contribution in [0.5, 0.6) is 0 Å². The summed E-state index contributed by atoms with van der Waals surface area (Å²) >= 11 is 0. The fraction of sp³-hybridized carbons (Fsp3) is 1.00. The number of hydrogen-bond donors (Lipinski definition) is 1. The highest BCUT2D eigenvalue weighted by Gasteiger charge is 2.34. The average Bonchev–Trinajstić information content (AvgIpc) is 1.82. The first-order chi connectivity index (χ1) is 3.60. The zero-order valence-electron chi connectivity index (χ0n) is 5.02. The maximum absolute atomic E-state index is 12.4. The molecule has 1 rings (SSSR count). The second-order valence-corrected chi connectivity index (χ2v) is 2.77. The molecular formula is C6H11FO. The Kier molecular flexibility index (Phi) is 1.27. The molecule has 1 aliphatic rings. The van der Waals surface area contributed by atoms with Gasteiger partial charge < -0.3 is 5.11 Å². The largest absolute Gasteiger partial charge is 0.362 e. The van der Waals surface area contributed by atoms with E-state index in [9.17, 15) is 4.39 Å². The Labute approximate surface area is 48.5 Å². The van der Waals surface area contributed by atoms with Gasteiger partial charge >= 0.3 is 0 Å². The second kappa shape index (κ2) is 1.69. The summed E-state index contributed by atoms with van der Waals surface area (Å²) in [6.45, 7) is 1.96. The zero-order chi connectivity index (χ0) is 6.20. The van der Waals surface area contributed by atoms with Gasteiger partial charge in [-0.2, -0.15) is 0 Å². The Bertz CT molecular complexity index is 90.5. The van der Waals surface area contributed by atoms with Crippen LogP contribution in [-0.2, 0) is 0 Å². The van der Waals surface area contributed by atoms with Crippen LogP contribution in [0.2, 0.25) is 0 Å². The molecule has 1 aliphatic carbocycles. The fourth-order valence-electron chi connectivity index (χ4n) is 1.21. The van der Waals surface area contributed by atoms with Crippen molar-refractivity contribution in [2.24, 2.45) is 5.92 Å². The summed E-state index contributed by atoms with van der Waals surface area (Å²) in [6, 6.07) is 0. The second-order valence-electron chi connectivity index (χ2n) is 2.77. The quantitative estimate of drug-likeness (QED) is 0.510. The van der Waals surface area contributed by atoms with Crippen LogP contribution in [0, 0.1) is 5.92 Å². The van der Waals surface area contributed by atoms with E-state index in [0.29, 0.717) is 18.8 Å². The van der Waals surface area contributed by atoms with Crippen molar-refractivity contribution in [1.82, 2.24) is 0 Å². The van der Waals surface area contributed by atoms with Crippen molar-refractivity contribution in [3.8, 4) is 0 Å². The molecule has 0 aromatic heterocycles. The third kappa shape index (κ3) is 1.19. The third-order valence-electron chi connectivity index (χ3n) is 1.68. The lowest BCUT2D eigenvalue weighted by atomic mass is 10.1. The predicted octanol–water partition coefficient (Wildman–Crippen LogP) is 1.46. The van der Waals surface area contributed by atoms with Crippen LogP contribution in [0.1, 0.15) is 26.2 Å². The lowest BCUT2D eigenvalue weighted by Gasteiger charge is -2.08. The predicted molar refractivity (Wildman–Crippen MR) is 29.1 cm³/mol. The summed E-state index contributed by atoms with van der Waals surface area (Å²) in [7, 11) is 0. The Balaban J connectivity index is 2.44. The van der Waals surface area contributed by atoms with E-state index < -0.39 is 5.85 Å². The Morgan fingerprint density at radius 3 is 2.50 bits per heavy atom. The first-order valence-corrected chi connectivity index (χ1v) is 3.01. The van der Waals surface area contributed by atoms with E-state index in [4.69, 9.17) is 5.11 Å². The average molecular weight is 118 g/mol. The van der Waals surface area contributed by atoms with Crippen molar-refractivity contribution in [2.45, 2.75) is 32.0 Å². The van der Waals surface area contributed by atoms with Gasteiger partial charge in [-0.15, -0.1) is 0 Å². The van der Waals surface area contributed by atoms with Gasteiger partial charge in [0.25, 0.3) is 0 Å². The fourth-order valence-corrected chi connectivity index (χ4v) is 1.21. The van der Waals surface area contributed by atoms with E-state index in [1.165, 1.54) is 0 Å². The molecule has 0 aromatic carbocycles. The number of alkyl halides is 1. The SMILES string of the molecule is CC1CCC(O)(F)C1. The number of aliphatic hydroxyl groups is 1. The van der Waals surface area contributed by atoms with Gasteiger partial charge in [-0.05, 0) is 12.3 Å². The van der Waals surface area contributed by atoms with Crippen LogP contribution in [-0.4, -0.2) is 11.0 Å². The monoisotopic (exact) mass is 118 g/mol. The molecule has 0 aromatic rings. The molecule has 2 unspecified atom stereocenters. The summed E-state index contributed by atoms with van der Waals surface area (Å²) in [5, 5.41) is 8.70. The topological polar surface area (TPSA) is 20.2 Å². The van der Waals surface area contributed by atoms with Crippen molar-refractivity contribution in [2.75, 3.05) is 0 Å². The molecule has 1 nitrogen and oxygen atoms in total. The summed E-state index contributed by atoms with van der Waals surface area (Å²) in [5.41, 5.74) is 0. The maximum atomic E-state index is 12.4. The van der Waals surface area contributed by atoms with E-state index in [2.05, 4.69) is 0 Å². The van der Waals surface area contributed by atoms with E-state index in [1.807, 2.05) is 6.92 Å². The van der Waals surface area contributed by atoms with Crippen LogP contribution in [0.3, 0.4) is 0 Å². The van der Waals surface area contributed by atoms with Crippen LogP contribution in [0.15, 0.2) is 0 Å². The van der Waals surface area contributed by atoms with E-state index in [-0.39, 0.29) is 0 Å². The van der Waals surface area contributed by atoms with Crippen molar-refractivity contribution in [3.63, 3.8) is 0 Å². The van der Waals surface area contributed by atoms with Gasteiger partial charge in [-0.3, -0.25) is 0 Å². The van der Waals surface area contributed by atoms with Crippen molar-refractivity contribution < 1.29 is 9.50 Å². The highest BCUT2D eigenvalue weighted by molar-refractivity contribution is 4.77. The van der Waals surface area contributed by atoms with Crippen LogP contribution < -0.4 is 0 Å². The molecule has 2 atom stereocenters. The van der Waals surface area contributed by atoms with Crippen LogP contribution >= 0.6 is 0 Å². The Morgan fingerprint density at radius 1 is 1.75 bits per heavy atom. The molecule has 48 valence electrons. The Hall–Kier alpha value is -0.110. The summed E-state index contributed by atoms with van der Waals surface area (Å²) in [4.78, 5) is 0. The standard InChI is InChI=1S/C6H11FO/c1-5-2-3-6(7,8)4-5/h5,8H,2-4H2,1H3. The molecule has 1 N–H and O–H groups in total.